The lowest BCUT2D eigenvalue weighted by Crippen LogP contribution is -1.97. The Balaban J connectivity index is 2.51. The van der Waals surface area contributed by atoms with Crippen molar-refractivity contribution in [1.82, 2.24) is 14.9 Å². The van der Waals surface area contributed by atoms with Crippen LogP contribution in [-0.4, -0.2) is 38.2 Å². The molecule has 1 aromatic heterocycles. The van der Waals surface area contributed by atoms with Crippen molar-refractivity contribution in [2.45, 2.75) is 6.92 Å². The zero-order valence-electron chi connectivity index (χ0n) is 11.1. The second-order valence-electron chi connectivity index (χ2n) is 3.98. The number of nitro benzene ring substituents is 1. The van der Waals surface area contributed by atoms with Crippen molar-refractivity contribution in [1.29, 1.82) is 0 Å². The Morgan fingerprint density at radius 3 is 2.86 bits per heavy atom. The number of aromatic amines is 1. The third-order valence-electron chi connectivity index (χ3n) is 2.64. The van der Waals surface area contributed by atoms with Gasteiger partial charge in [0.1, 0.15) is 5.82 Å². The number of non-ortho nitro benzene ring substituents is 1. The van der Waals surface area contributed by atoms with Crippen LogP contribution in [0.3, 0.4) is 0 Å². The molecule has 0 saturated heterocycles. The summed E-state index contributed by atoms with van der Waals surface area (Å²) < 4.78 is 6.48. The van der Waals surface area contributed by atoms with E-state index in [2.05, 4.69) is 15.3 Å². The number of rotatable bonds is 4. The van der Waals surface area contributed by atoms with Crippen LogP contribution in [0.1, 0.15) is 11.4 Å². The van der Waals surface area contributed by atoms with Crippen LogP contribution in [0.15, 0.2) is 17.2 Å². The summed E-state index contributed by atoms with van der Waals surface area (Å²) in [5.74, 6) is 0.241. The van der Waals surface area contributed by atoms with E-state index in [4.69, 9.17) is 17.0 Å². The van der Waals surface area contributed by atoms with E-state index in [1.54, 1.807) is 6.92 Å². The van der Waals surface area contributed by atoms with Crippen LogP contribution in [0.4, 0.5) is 5.69 Å². The number of phenols is 1. The molecule has 0 aliphatic carbocycles. The molecule has 2 N–H and O–H groups in total. The molecule has 0 bridgehead atoms. The highest BCUT2D eigenvalue weighted by Gasteiger charge is 2.15. The van der Waals surface area contributed by atoms with E-state index < -0.39 is 4.92 Å². The Kier molecular flexibility index (Phi) is 3.98. The smallest absolute Gasteiger partial charge is 0.274 e. The molecule has 0 aliphatic rings. The van der Waals surface area contributed by atoms with Crippen molar-refractivity contribution >= 4 is 24.1 Å². The molecule has 1 aromatic carbocycles. The van der Waals surface area contributed by atoms with Crippen LogP contribution in [0.5, 0.6) is 11.5 Å². The first-order chi connectivity index (χ1) is 9.93. The van der Waals surface area contributed by atoms with Crippen LogP contribution in [0.25, 0.3) is 0 Å². The van der Waals surface area contributed by atoms with E-state index in [1.165, 1.54) is 24.1 Å². The molecule has 9 nitrogen and oxygen atoms in total. The Hall–Kier alpha value is -2.75. The number of H-pyrrole nitrogens is 1. The van der Waals surface area contributed by atoms with Gasteiger partial charge in [0.25, 0.3) is 5.69 Å². The van der Waals surface area contributed by atoms with Gasteiger partial charge in [-0.25, -0.2) is 0 Å². The topological polar surface area (TPSA) is 119 Å². The molecule has 21 heavy (non-hydrogen) atoms. The summed E-state index contributed by atoms with van der Waals surface area (Å²) in [4.78, 5) is 10.3. The van der Waals surface area contributed by atoms with Crippen molar-refractivity contribution in [3.63, 3.8) is 0 Å². The van der Waals surface area contributed by atoms with Gasteiger partial charge >= 0.3 is 0 Å². The fourth-order valence-corrected chi connectivity index (χ4v) is 1.82. The first-order valence-electron chi connectivity index (χ1n) is 5.67. The number of ether oxygens (including phenoxy) is 1. The Morgan fingerprint density at radius 2 is 2.33 bits per heavy atom. The predicted molar refractivity (Wildman–Crippen MR) is 76.5 cm³/mol. The normalized spacial score (nSPS) is 11.0. The maximum atomic E-state index is 10.9. The van der Waals surface area contributed by atoms with Crippen LogP contribution in [-0.2, 0) is 0 Å². The fourth-order valence-electron chi connectivity index (χ4n) is 1.60. The molecule has 110 valence electrons. The largest absolute Gasteiger partial charge is 0.504 e. The van der Waals surface area contributed by atoms with Crippen molar-refractivity contribution in [3.05, 3.63) is 38.4 Å². The predicted octanol–water partition coefficient (Wildman–Crippen LogP) is 1.75. The third kappa shape index (κ3) is 2.89. The number of nitro groups is 1. The number of benzene rings is 1. The van der Waals surface area contributed by atoms with E-state index in [0.29, 0.717) is 5.82 Å². The number of phenolic OH excluding ortho intramolecular Hbond substituents is 1. The number of aromatic nitrogens is 3. The number of methoxy groups -OCH3 is 1. The van der Waals surface area contributed by atoms with Crippen LogP contribution in [0.2, 0.25) is 0 Å². The van der Waals surface area contributed by atoms with E-state index in [9.17, 15) is 15.2 Å². The van der Waals surface area contributed by atoms with Crippen molar-refractivity contribution in [2.75, 3.05) is 7.11 Å². The average molecular weight is 309 g/mol. The molecule has 0 saturated carbocycles. The summed E-state index contributed by atoms with van der Waals surface area (Å²) in [6.45, 7) is 1.68. The van der Waals surface area contributed by atoms with Gasteiger partial charge in [0.05, 0.1) is 24.3 Å². The molecule has 2 aromatic rings. The summed E-state index contributed by atoms with van der Waals surface area (Å²) in [5.41, 5.74) is -0.0952. The van der Waals surface area contributed by atoms with Gasteiger partial charge in [-0.15, -0.1) is 0 Å². The number of aromatic hydroxyl groups is 1. The van der Waals surface area contributed by atoms with E-state index in [1.807, 2.05) is 0 Å². The Bertz CT molecular complexity index is 779. The monoisotopic (exact) mass is 309 g/mol. The summed E-state index contributed by atoms with van der Waals surface area (Å²) in [5, 5.41) is 31.3. The average Bonchev–Trinajstić information content (AvgIpc) is 2.77. The summed E-state index contributed by atoms with van der Waals surface area (Å²) >= 11 is 4.97. The summed E-state index contributed by atoms with van der Waals surface area (Å²) in [6.07, 6.45) is 1.24. The second kappa shape index (κ2) is 5.71. The maximum Gasteiger partial charge on any atom is 0.274 e. The number of nitrogens with one attached hydrogen (secondary N) is 1. The molecular formula is C11H11N5O4S. The highest BCUT2D eigenvalue weighted by molar-refractivity contribution is 7.71. The lowest BCUT2D eigenvalue weighted by molar-refractivity contribution is -0.385. The molecule has 0 atom stereocenters. The zero-order valence-corrected chi connectivity index (χ0v) is 11.9. The minimum absolute atomic E-state index is 0.0156. The number of hydrogen-bond acceptors (Lipinski definition) is 7. The first-order valence-corrected chi connectivity index (χ1v) is 6.08. The molecular weight excluding hydrogens is 298 g/mol. The highest BCUT2D eigenvalue weighted by Crippen LogP contribution is 2.33. The molecule has 0 fully saturated rings. The molecule has 0 aliphatic heterocycles. The maximum absolute atomic E-state index is 10.9. The van der Waals surface area contributed by atoms with Gasteiger partial charge in [0.15, 0.2) is 11.5 Å². The number of hydrogen-bond donors (Lipinski definition) is 2. The van der Waals surface area contributed by atoms with Crippen LogP contribution in [0, 0.1) is 21.8 Å². The number of nitrogens with zero attached hydrogens (tertiary/aromatic N) is 4. The Morgan fingerprint density at radius 1 is 1.62 bits per heavy atom. The van der Waals surface area contributed by atoms with Gasteiger partial charge in [-0.05, 0) is 19.1 Å². The molecule has 0 unspecified atom stereocenters. The van der Waals surface area contributed by atoms with E-state index in [0.717, 1.165) is 6.07 Å². The molecule has 1 heterocycles. The van der Waals surface area contributed by atoms with Crippen LogP contribution < -0.4 is 4.74 Å². The van der Waals surface area contributed by atoms with E-state index in [-0.39, 0.29) is 27.5 Å². The van der Waals surface area contributed by atoms with Gasteiger partial charge < -0.3 is 9.84 Å². The van der Waals surface area contributed by atoms with Gasteiger partial charge in [-0.1, -0.05) is 0 Å². The minimum atomic E-state index is -0.589. The SMILES string of the molecule is COc1cc([N+](=O)[O-])cc(/C=N\n2c(C)n[nH]c2=S)c1O. The molecule has 2 rings (SSSR count). The van der Waals surface area contributed by atoms with Crippen molar-refractivity contribution in [3.8, 4) is 11.5 Å². The van der Waals surface area contributed by atoms with E-state index >= 15 is 0 Å². The minimum Gasteiger partial charge on any atom is -0.504 e. The molecule has 10 heteroatoms. The summed E-state index contributed by atoms with van der Waals surface area (Å²) in [7, 11) is 1.30. The molecule has 0 amide bonds. The van der Waals surface area contributed by atoms with Crippen LogP contribution >= 0.6 is 12.2 Å². The number of aryl methyl sites for hydroxylation is 1. The van der Waals surface area contributed by atoms with Gasteiger partial charge in [0.2, 0.25) is 4.77 Å². The van der Waals surface area contributed by atoms with Crippen molar-refractivity contribution < 1.29 is 14.8 Å². The standard InChI is InChI=1S/C11H11N5O4S/c1-6-13-14-11(21)15(6)12-5-7-3-8(16(18)19)4-9(20-2)10(7)17/h3-5,17H,1-2H3,(H,14,21)/b12-5-. The quantitative estimate of drug-likeness (QED) is 0.384. The van der Waals surface area contributed by atoms with Gasteiger partial charge in [-0.2, -0.15) is 14.9 Å². The lowest BCUT2D eigenvalue weighted by Gasteiger charge is -2.05. The second-order valence-corrected chi connectivity index (χ2v) is 4.36. The summed E-state index contributed by atoms with van der Waals surface area (Å²) in [6, 6.07) is 2.31. The fraction of sp³-hybridized carbons (Fsp3) is 0.182. The first kappa shape index (κ1) is 14.7. The molecule has 0 spiro atoms. The highest BCUT2D eigenvalue weighted by atomic mass is 32.1. The lowest BCUT2D eigenvalue weighted by atomic mass is 10.2. The van der Waals surface area contributed by atoms with Crippen molar-refractivity contribution in [2.24, 2.45) is 5.10 Å². The van der Waals surface area contributed by atoms with Gasteiger partial charge in [0, 0.05) is 11.6 Å². The zero-order chi connectivity index (χ0) is 15.6. The third-order valence-corrected chi connectivity index (χ3v) is 2.91. The van der Waals surface area contributed by atoms with Gasteiger partial charge in [-0.3, -0.25) is 15.2 Å². The molecule has 0 radical (unpaired) electrons. The Labute approximate surface area is 123 Å².